The van der Waals surface area contributed by atoms with E-state index in [9.17, 15) is 0 Å². The van der Waals surface area contributed by atoms with Crippen LogP contribution in [-0.4, -0.2) is 12.6 Å². The first kappa shape index (κ1) is 14.2. The minimum Gasteiger partial charge on any atom is -0.375 e. The molecule has 2 N–H and O–H groups in total. The molecule has 0 aromatic heterocycles. The third-order valence-corrected chi connectivity index (χ3v) is 3.64. The summed E-state index contributed by atoms with van der Waals surface area (Å²) in [6.45, 7) is 7.97. The van der Waals surface area contributed by atoms with Gasteiger partial charge >= 0.3 is 0 Å². The van der Waals surface area contributed by atoms with Gasteiger partial charge in [-0.2, -0.15) is 0 Å². The fourth-order valence-corrected chi connectivity index (χ4v) is 1.83. The summed E-state index contributed by atoms with van der Waals surface area (Å²) < 4.78 is 5.67. The maximum Gasteiger partial charge on any atom is 0.0717 e. The molecular formula is C15H25NO. The Morgan fingerprint density at radius 1 is 1.18 bits per heavy atom. The van der Waals surface area contributed by atoms with Crippen molar-refractivity contribution >= 4 is 0 Å². The van der Waals surface area contributed by atoms with Crippen molar-refractivity contribution < 1.29 is 4.74 Å². The summed E-state index contributed by atoms with van der Waals surface area (Å²) in [6, 6.07) is 10.3. The van der Waals surface area contributed by atoms with Gasteiger partial charge in [-0.1, -0.05) is 57.5 Å². The van der Waals surface area contributed by atoms with Crippen LogP contribution < -0.4 is 5.73 Å². The molecule has 96 valence electrons. The highest BCUT2D eigenvalue weighted by molar-refractivity contribution is 5.13. The molecule has 0 spiro atoms. The molecule has 0 fully saturated rings. The monoisotopic (exact) mass is 235 g/mol. The highest BCUT2D eigenvalue weighted by Gasteiger charge is 2.18. The van der Waals surface area contributed by atoms with E-state index < -0.39 is 0 Å². The Hall–Kier alpha value is -0.860. The van der Waals surface area contributed by atoms with Gasteiger partial charge in [0.1, 0.15) is 0 Å². The Kier molecular flexibility index (Phi) is 6.23. The molecule has 1 aromatic rings. The molecule has 1 rings (SSSR count). The van der Waals surface area contributed by atoms with Gasteiger partial charge in [-0.15, -0.1) is 0 Å². The Labute approximate surface area is 105 Å². The fourth-order valence-electron chi connectivity index (χ4n) is 1.83. The Bertz CT molecular complexity index is 299. The van der Waals surface area contributed by atoms with Crippen molar-refractivity contribution in [3.8, 4) is 0 Å². The molecule has 3 atom stereocenters. The van der Waals surface area contributed by atoms with E-state index in [0.29, 0.717) is 25.0 Å². The van der Waals surface area contributed by atoms with Crippen molar-refractivity contribution in [3.05, 3.63) is 35.9 Å². The highest BCUT2D eigenvalue weighted by atomic mass is 16.5. The number of rotatable bonds is 7. The molecule has 17 heavy (non-hydrogen) atoms. The van der Waals surface area contributed by atoms with E-state index in [4.69, 9.17) is 10.5 Å². The third kappa shape index (κ3) is 4.88. The molecule has 0 bridgehead atoms. The van der Waals surface area contributed by atoms with Crippen molar-refractivity contribution in [2.75, 3.05) is 6.61 Å². The van der Waals surface area contributed by atoms with Gasteiger partial charge in [0.15, 0.2) is 0 Å². The molecule has 0 aliphatic carbocycles. The Morgan fingerprint density at radius 2 is 1.82 bits per heavy atom. The molecule has 1 aromatic carbocycles. The van der Waals surface area contributed by atoms with Crippen molar-refractivity contribution in [1.82, 2.24) is 0 Å². The summed E-state index contributed by atoms with van der Waals surface area (Å²) in [6.07, 6.45) is 1.17. The molecule has 0 aliphatic heterocycles. The average molecular weight is 235 g/mol. The van der Waals surface area contributed by atoms with Gasteiger partial charge in [-0.25, -0.2) is 0 Å². The average Bonchev–Trinajstić information content (AvgIpc) is 2.38. The van der Waals surface area contributed by atoms with E-state index in [2.05, 4.69) is 32.9 Å². The molecule has 0 saturated heterocycles. The van der Waals surface area contributed by atoms with Crippen LogP contribution in [0.25, 0.3) is 0 Å². The maximum absolute atomic E-state index is 6.13. The second-order valence-electron chi connectivity index (χ2n) is 4.91. The van der Waals surface area contributed by atoms with E-state index in [1.54, 1.807) is 0 Å². The third-order valence-electron chi connectivity index (χ3n) is 3.64. The summed E-state index contributed by atoms with van der Waals surface area (Å²) in [5.41, 5.74) is 7.34. The van der Waals surface area contributed by atoms with Gasteiger partial charge < -0.3 is 10.5 Å². The Morgan fingerprint density at radius 3 is 2.41 bits per heavy atom. The number of hydrogen-bond acceptors (Lipinski definition) is 2. The van der Waals surface area contributed by atoms with Crippen molar-refractivity contribution in [2.45, 2.75) is 39.8 Å². The summed E-state index contributed by atoms with van der Waals surface area (Å²) in [5, 5.41) is 0. The lowest BCUT2D eigenvalue weighted by Gasteiger charge is -2.25. The van der Waals surface area contributed by atoms with E-state index in [1.807, 2.05) is 18.2 Å². The summed E-state index contributed by atoms with van der Waals surface area (Å²) in [4.78, 5) is 0. The molecule has 3 unspecified atom stereocenters. The lowest BCUT2D eigenvalue weighted by Crippen LogP contribution is -2.36. The van der Waals surface area contributed by atoms with Gasteiger partial charge in [0.2, 0.25) is 0 Å². The minimum atomic E-state index is 0.133. The lowest BCUT2D eigenvalue weighted by molar-refractivity contribution is 0.0866. The number of nitrogens with two attached hydrogens (primary N) is 1. The van der Waals surface area contributed by atoms with Gasteiger partial charge in [0.25, 0.3) is 0 Å². The van der Waals surface area contributed by atoms with Crippen LogP contribution >= 0.6 is 0 Å². The standard InChI is InChI=1S/C15H25NO/c1-4-12(2)13(3)15(16)11-17-10-14-8-6-5-7-9-14/h5-9,12-13,15H,4,10-11,16H2,1-3H3. The first-order valence-electron chi connectivity index (χ1n) is 6.52. The quantitative estimate of drug-likeness (QED) is 0.787. The smallest absolute Gasteiger partial charge is 0.0717 e. The van der Waals surface area contributed by atoms with Crippen LogP contribution in [0, 0.1) is 11.8 Å². The van der Waals surface area contributed by atoms with E-state index in [1.165, 1.54) is 12.0 Å². The van der Waals surface area contributed by atoms with Crippen molar-refractivity contribution in [1.29, 1.82) is 0 Å². The van der Waals surface area contributed by atoms with Crippen LogP contribution in [0.2, 0.25) is 0 Å². The van der Waals surface area contributed by atoms with Crippen LogP contribution in [0.5, 0.6) is 0 Å². The molecular weight excluding hydrogens is 210 g/mol. The topological polar surface area (TPSA) is 35.2 Å². The molecule has 0 saturated carbocycles. The first-order chi connectivity index (χ1) is 8.15. The zero-order valence-corrected chi connectivity index (χ0v) is 11.2. The summed E-state index contributed by atoms with van der Waals surface area (Å²) in [5.74, 6) is 1.17. The molecule has 0 amide bonds. The fraction of sp³-hybridized carbons (Fsp3) is 0.600. The van der Waals surface area contributed by atoms with Crippen molar-refractivity contribution in [3.63, 3.8) is 0 Å². The van der Waals surface area contributed by atoms with Gasteiger partial charge in [0.05, 0.1) is 13.2 Å². The molecule has 2 nitrogen and oxygen atoms in total. The van der Waals surface area contributed by atoms with Gasteiger partial charge in [0, 0.05) is 6.04 Å². The maximum atomic E-state index is 6.13. The number of ether oxygens (including phenoxy) is 1. The van der Waals surface area contributed by atoms with E-state index in [0.717, 1.165) is 0 Å². The second kappa shape index (κ2) is 7.46. The summed E-state index contributed by atoms with van der Waals surface area (Å²) >= 11 is 0. The zero-order chi connectivity index (χ0) is 12.7. The largest absolute Gasteiger partial charge is 0.375 e. The van der Waals surface area contributed by atoms with Gasteiger partial charge in [-0.3, -0.25) is 0 Å². The SMILES string of the molecule is CCC(C)C(C)C(N)COCc1ccccc1. The number of hydrogen-bond donors (Lipinski definition) is 1. The minimum absolute atomic E-state index is 0.133. The molecule has 0 radical (unpaired) electrons. The Balaban J connectivity index is 2.27. The van der Waals surface area contributed by atoms with E-state index in [-0.39, 0.29) is 6.04 Å². The van der Waals surface area contributed by atoms with Crippen LogP contribution in [-0.2, 0) is 11.3 Å². The molecule has 0 aliphatic rings. The zero-order valence-electron chi connectivity index (χ0n) is 11.2. The van der Waals surface area contributed by atoms with Crippen LogP contribution in [0.4, 0.5) is 0 Å². The lowest BCUT2D eigenvalue weighted by atomic mass is 9.88. The van der Waals surface area contributed by atoms with Crippen LogP contribution in [0.1, 0.15) is 32.8 Å². The molecule has 2 heteroatoms. The first-order valence-corrected chi connectivity index (χ1v) is 6.52. The van der Waals surface area contributed by atoms with Crippen LogP contribution in [0.3, 0.4) is 0 Å². The highest BCUT2D eigenvalue weighted by Crippen LogP contribution is 2.17. The van der Waals surface area contributed by atoms with E-state index >= 15 is 0 Å². The normalized spacial score (nSPS) is 16.5. The predicted octanol–water partition coefficient (Wildman–Crippen LogP) is 3.21. The van der Waals surface area contributed by atoms with Gasteiger partial charge in [-0.05, 0) is 17.4 Å². The number of benzene rings is 1. The summed E-state index contributed by atoms with van der Waals surface area (Å²) in [7, 11) is 0. The predicted molar refractivity (Wildman–Crippen MR) is 72.7 cm³/mol. The van der Waals surface area contributed by atoms with Crippen molar-refractivity contribution in [2.24, 2.45) is 17.6 Å². The van der Waals surface area contributed by atoms with Crippen LogP contribution in [0.15, 0.2) is 30.3 Å². The second-order valence-corrected chi connectivity index (χ2v) is 4.91. The molecule has 0 heterocycles.